The zero-order chi connectivity index (χ0) is 23.2. The molecule has 0 bridgehead atoms. The van der Waals surface area contributed by atoms with E-state index in [0.717, 1.165) is 11.1 Å². The lowest BCUT2D eigenvalue weighted by Gasteiger charge is -2.46. The highest BCUT2D eigenvalue weighted by molar-refractivity contribution is 5.89. The van der Waals surface area contributed by atoms with Gasteiger partial charge in [0.25, 0.3) is 0 Å². The van der Waals surface area contributed by atoms with E-state index < -0.39 is 17.6 Å². The maximum absolute atomic E-state index is 13.0. The third kappa shape index (κ3) is 2.79. The highest BCUT2D eigenvalue weighted by Crippen LogP contribution is 2.59. The molecule has 6 heteroatoms. The number of nitro groups is 1. The fourth-order valence-electron chi connectivity index (χ4n) is 5.31. The topological polar surface area (TPSA) is 102 Å². The molecule has 0 saturated carbocycles. The molecule has 33 heavy (non-hydrogen) atoms. The van der Waals surface area contributed by atoms with Gasteiger partial charge in [0.1, 0.15) is 17.5 Å². The minimum Gasteiger partial charge on any atom is -0.477 e. The van der Waals surface area contributed by atoms with Crippen LogP contribution in [0.3, 0.4) is 0 Å². The normalized spacial score (nSPS) is 23.8. The summed E-state index contributed by atoms with van der Waals surface area (Å²) >= 11 is 0. The third-order valence-corrected chi connectivity index (χ3v) is 6.67. The number of para-hydroxylation sites is 1. The van der Waals surface area contributed by atoms with E-state index in [0.29, 0.717) is 22.4 Å². The predicted octanol–water partition coefficient (Wildman–Crippen LogP) is 5.14. The molecule has 5 rings (SSSR count). The van der Waals surface area contributed by atoms with Gasteiger partial charge in [-0.2, -0.15) is 5.26 Å². The molecule has 3 aromatic rings. The van der Waals surface area contributed by atoms with Crippen LogP contribution in [0.15, 0.2) is 102 Å². The summed E-state index contributed by atoms with van der Waals surface area (Å²) in [6.45, 7) is 1.86. The Balaban J connectivity index is 1.91. The van der Waals surface area contributed by atoms with E-state index in [2.05, 4.69) is 6.07 Å². The molecule has 2 aliphatic rings. The van der Waals surface area contributed by atoms with E-state index in [4.69, 9.17) is 10.5 Å². The summed E-state index contributed by atoms with van der Waals surface area (Å²) in [6.07, 6.45) is -1.01. The van der Waals surface area contributed by atoms with Crippen molar-refractivity contribution in [3.8, 4) is 11.8 Å². The molecule has 0 radical (unpaired) electrons. The van der Waals surface area contributed by atoms with Gasteiger partial charge in [-0.15, -0.1) is 0 Å². The molecule has 0 saturated heterocycles. The van der Waals surface area contributed by atoms with E-state index in [9.17, 15) is 15.4 Å². The molecule has 0 spiro atoms. The molecule has 1 heterocycles. The number of nitrogens with zero attached hydrogens (tertiary/aromatic N) is 2. The summed E-state index contributed by atoms with van der Waals surface area (Å²) in [4.78, 5) is 12.7. The first-order chi connectivity index (χ1) is 16.0. The van der Waals surface area contributed by atoms with Gasteiger partial charge in [-0.3, -0.25) is 10.1 Å². The van der Waals surface area contributed by atoms with Gasteiger partial charge in [-0.25, -0.2) is 0 Å². The first kappa shape index (κ1) is 20.5. The molecule has 3 aromatic carbocycles. The van der Waals surface area contributed by atoms with Crippen molar-refractivity contribution in [2.24, 2.45) is 5.73 Å². The zero-order valence-corrected chi connectivity index (χ0v) is 17.9. The van der Waals surface area contributed by atoms with Crippen molar-refractivity contribution in [1.29, 1.82) is 5.26 Å². The van der Waals surface area contributed by atoms with Crippen LogP contribution in [0.4, 0.5) is 0 Å². The first-order valence-electron chi connectivity index (χ1n) is 10.6. The van der Waals surface area contributed by atoms with E-state index in [1.807, 2.05) is 79.7 Å². The second-order valence-electron chi connectivity index (χ2n) is 8.29. The van der Waals surface area contributed by atoms with Gasteiger partial charge in [-0.05, 0) is 24.1 Å². The summed E-state index contributed by atoms with van der Waals surface area (Å²) in [7, 11) is 0. The lowest BCUT2D eigenvalue weighted by atomic mass is 9.61. The molecule has 0 fully saturated rings. The number of rotatable bonds is 3. The van der Waals surface area contributed by atoms with Crippen LogP contribution in [-0.2, 0) is 0 Å². The second-order valence-corrected chi connectivity index (χ2v) is 8.29. The molecule has 2 N–H and O–H groups in total. The number of nitriles is 1. The van der Waals surface area contributed by atoms with Crippen molar-refractivity contribution < 1.29 is 9.66 Å². The number of hydrogen-bond acceptors (Lipinski definition) is 5. The number of benzene rings is 3. The fourth-order valence-corrected chi connectivity index (χ4v) is 5.31. The van der Waals surface area contributed by atoms with Gasteiger partial charge in [-0.1, -0.05) is 78.9 Å². The molecule has 162 valence electrons. The summed E-state index contributed by atoms with van der Waals surface area (Å²) in [5.41, 5.74) is 8.31. The van der Waals surface area contributed by atoms with E-state index in [1.54, 1.807) is 12.1 Å². The van der Waals surface area contributed by atoms with E-state index in [-0.39, 0.29) is 16.2 Å². The molecule has 0 amide bonds. The van der Waals surface area contributed by atoms with Crippen molar-refractivity contribution in [2.75, 3.05) is 0 Å². The minimum atomic E-state index is -1.87. The quantitative estimate of drug-likeness (QED) is 0.453. The lowest BCUT2D eigenvalue weighted by Crippen LogP contribution is -2.59. The minimum absolute atomic E-state index is 0.0761. The molecule has 3 atom stereocenters. The molecular weight excluding hydrogens is 414 g/mol. The Morgan fingerprint density at radius 1 is 1.00 bits per heavy atom. The molecule has 1 aliphatic heterocycles. The van der Waals surface area contributed by atoms with Gasteiger partial charge < -0.3 is 10.5 Å². The van der Waals surface area contributed by atoms with Crippen molar-refractivity contribution >= 4 is 5.57 Å². The van der Waals surface area contributed by atoms with Crippen LogP contribution in [0.1, 0.15) is 35.6 Å². The SMILES string of the molecule is CC1=C(c2ccccc2)C(C#N)=C(N)[C@]2([N+](=O)[O-])[C@H]1c1ccccc1O[C@H]2c1ccccc1. The largest absolute Gasteiger partial charge is 0.477 e. The maximum atomic E-state index is 13.0. The number of ether oxygens (including phenoxy) is 1. The van der Waals surface area contributed by atoms with Crippen molar-refractivity contribution in [3.05, 3.63) is 129 Å². The Kier molecular flexibility index (Phi) is 4.75. The van der Waals surface area contributed by atoms with Crippen LogP contribution in [-0.4, -0.2) is 10.5 Å². The highest BCUT2D eigenvalue weighted by atomic mass is 16.6. The monoisotopic (exact) mass is 435 g/mol. The van der Waals surface area contributed by atoms with Crippen LogP contribution < -0.4 is 10.5 Å². The van der Waals surface area contributed by atoms with Crippen LogP contribution in [0.5, 0.6) is 5.75 Å². The first-order valence-corrected chi connectivity index (χ1v) is 10.6. The summed E-state index contributed by atoms with van der Waals surface area (Å²) in [5, 5.41) is 23.2. The molecule has 1 aliphatic carbocycles. The van der Waals surface area contributed by atoms with Crippen LogP contribution in [0.25, 0.3) is 5.57 Å². The van der Waals surface area contributed by atoms with Gasteiger partial charge >= 0.3 is 5.54 Å². The van der Waals surface area contributed by atoms with Gasteiger partial charge in [0.2, 0.25) is 6.10 Å². The van der Waals surface area contributed by atoms with Crippen LogP contribution >= 0.6 is 0 Å². The van der Waals surface area contributed by atoms with E-state index >= 15 is 0 Å². The van der Waals surface area contributed by atoms with E-state index in [1.165, 1.54) is 0 Å². The Labute approximate surface area is 191 Å². The Bertz CT molecular complexity index is 1360. The lowest BCUT2D eigenvalue weighted by molar-refractivity contribution is -0.576. The molecular formula is C27H21N3O3. The summed E-state index contributed by atoms with van der Waals surface area (Å²) in [6, 6.07) is 28.0. The third-order valence-electron chi connectivity index (χ3n) is 6.67. The Hall–Kier alpha value is -4.37. The molecule has 0 unspecified atom stereocenters. The average molecular weight is 435 g/mol. The van der Waals surface area contributed by atoms with Gasteiger partial charge in [0, 0.05) is 21.6 Å². The summed E-state index contributed by atoms with van der Waals surface area (Å²) < 4.78 is 6.32. The smallest absolute Gasteiger partial charge is 0.312 e. The number of allylic oxidation sites excluding steroid dienone is 2. The number of fused-ring (bicyclic) bond motifs is 3. The maximum Gasteiger partial charge on any atom is 0.312 e. The fraction of sp³-hybridized carbons (Fsp3) is 0.148. The number of hydrogen-bond donors (Lipinski definition) is 1. The molecule has 6 nitrogen and oxygen atoms in total. The average Bonchev–Trinajstić information content (AvgIpc) is 2.85. The van der Waals surface area contributed by atoms with Crippen LogP contribution in [0, 0.1) is 21.4 Å². The Morgan fingerprint density at radius 2 is 1.61 bits per heavy atom. The van der Waals surface area contributed by atoms with Crippen molar-refractivity contribution in [2.45, 2.75) is 24.5 Å². The highest BCUT2D eigenvalue weighted by Gasteiger charge is 2.67. The van der Waals surface area contributed by atoms with Gasteiger partial charge in [0.15, 0.2) is 0 Å². The molecule has 0 aromatic heterocycles. The Morgan fingerprint density at radius 3 is 2.24 bits per heavy atom. The summed E-state index contributed by atoms with van der Waals surface area (Å²) in [5.74, 6) is -0.135. The van der Waals surface area contributed by atoms with Gasteiger partial charge in [0.05, 0.1) is 11.5 Å². The van der Waals surface area contributed by atoms with Crippen molar-refractivity contribution in [3.63, 3.8) is 0 Å². The predicted molar refractivity (Wildman–Crippen MR) is 125 cm³/mol. The number of nitrogens with two attached hydrogens (primary N) is 1. The zero-order valence-electron chi connectivity index (χ0n) is 17.9. The second kappa shape index (κ2) is 7.64. The van der Waals surface area contributed by atoms with Crippen LogP contribution in [0.2, 0.25) is 0 Å². The standard InChI is InChI=1S/C27H21N3O3/c1-17-23(18-10-4-2-5-11-18)21(16-28)25(29)27(30(31)32)24(17)20-14-8-9-15-22(20)33-26(27)19-12-6-3-7-13-19/h2-15,24,26H,29H2,1H3/t24-,26+,27-/m1/s1. The van der Waals surface area contributed by atoms with Crippen molar-refractivity contribution in [1.82, 2.24) is 0 Å².